The van der Waals surface area contributed by atoms with Crippen LogP contribution in [0.1, 0.15) is 18.4 Å². The van der Waals surface area contributed by atoms with Crippen molar-refractivity contribution in [2.24, 2.45) is 0 Å². The molecule has 0 aliphatic heterocycles. The van der Waals surface area contributed by atoms with Crippen LogP contribution in [0.2, 0.25) is 0 Å². The summed E-state index contributed by atoms with van der Waals surface area (Å²) in [5.41, 5.74) is 1.84. The first-order chi connectivity index (χ1) is 12.1. The van der Waals surface area contributed by atoms with Crippen molar-refractivity contribution >= 4 is 34.7 Å². The number of para-hydroxylation sites is 1. The highest BCUT2D eigenvalue weighted by molar-refractivity contribution is 8.03. The lowest BCUT2D eigenvalue weighted by atomic mass is 10.1. The third-order valence-corrected chi connectivity index (χ3v) is 4.44. The minimum absolute atomic E-state index is 0.118. The molecule has 0 unspecified atom stereocenters. The van der Waals surface area contributed by atoms with Crippen LogP contribution in [0.5, 0.6) is 0 Å². The van der Waals surface area contributed by atoms with Gasteiger partial charge < -0.3 is 14.1 Å². The number of nitrogens with zero attached hydrogens (tertiary/aromatic N) is 3. The number of benzene rings is 1. The van der Waals surface area contributed by atoms with Gasteiger partial charge in [0.15, 0.2) is 0 Å². The number of aromatic nitrogens is 3. The highest BCUT2D eigenvalue weighted by Gasteiger charge is 2.16. The number of fused-ring (bicyclic) bond motifs is 1. The van der Waals surface area contributed by atoms with Gasteiger partial charge in [-0.15, -0.1) is 16.8 Å². The Labute approximate surface area is 148 Å². The molecule has 0 aliphatic carbocycles. The van der Waals surface area contributed by atoms with E-state index in [4.69, 9.17) is 4.42 Å². The van der Waals surface area contributed by atoms with Gasteiger partial charge in [0.2, 0.25) is 5.89 Å². The molecule has 1 aromatic carbocycles. The summed E-state index contributed by atoms with van der Waals surface area (Å²) in [7, 11) is 0. The highest BCUT2D eigenvalue weighted by atomic mass is 32.2. The van der Waals surface area contributed by atoms with Crippen molar-refractivity contribution in [1.82, 2.24) is 14.8 Å². The SMILES string of the molecule is C=CCn1cc(/C=C(\Sc2nnc(CC)o2)C(=O)O)c2ccccc21. The predicted molar refractivity (Wildman–Crippen MR) is 97.3 cm³/mol. The summed E-state index contributed by atoms with van der Waals surface area (Å²) in [4.78, 5) is 11.8. The molecule has 2 aromatic heterocycles. The first-order valence-corrected chi connectivity index (χ1v) is 8.58. The van der Waals surface area contributed by atoms with Crippen LogP contribution in [0, 0.1) is 0 Å². The topological polar surface area (TPSA) is 81.2 Å². The van der Waals surface area contributed by atoms with E-state index in [0.717, 1.165) is 28.2 Å². The summed E-state index contributed by atoms with van der Waals surface area (Å²) >= 11 is 0.951. The second-order valence-electron chi connectivity index (χ2n) is 5.27. The van der Waals surface area contributed by atoms with Crippen molar-refractivity contribution in [3.05, 3.63) is 59.5 Å². The number of aryl methyl sites for hydroxylation is 1. The van der Waals surface area contributed by atoms with Gasteiger partial charge in [-0.25, -0.2) is 4.79 Å². The summed E-state index contributed by atoms with van der Waals surface area (Å²) < 4.78 is 7.43. The van der Waals surface area contributed by atoms with Crippen LogP contribution in [0.15, 0.2) is 57.7 Å². The van der Waals surface area contributed by atoms with Crippen LogP contribution >= 0.6 is 11.8 Å². The zero-order chi connectivity index (χ0) is 17.8. The normalized spacial score (nSPS) is 11.8. The molecule has 0 radical (unpaired) electrons. The molecule has 1 N–H and O–H groups in total. The van der Waals surface area contributed by atoms with Crippen LogP contribution in [-0.4, -0.2) is 25.8 Å². The number of rotatable bonds is 7. The highest BCUT2D eigenvalue weighted by Crippen LogP contribution is 2.30. The third-order valence-electron chi connectivity index (χ3n) is 3.59. The number of aliphatic carboxylic acids is 1. The average Bonchev–Trinajstić information content (AvgIpc) is 3.20. The van der Waals surface area contributed by atoms with E-state index in [9.17, 15) is 9.90 Å². The van der Waals surface area contributed by atoms with Gasteiger partial charge >= 0.3 is 5.97 Å². The molecule has 7 heteroatoms. The van der Waals surface area contributed by atoms with E-state index in [0.29, 0.717) is 18.9 Å². The molecule has 0 atom stereocenters. The molecular weight excluding hydrogens is 338 g/mol. The van der Waals surface area contributed by atoms with Gasteiger partial charge in [0.25, 0.3) is 5.22 Å². The van der Waals surface area contributed by atoms with Crippen molar-refractivity contribution in [1.29, 1.82) is 0 Å². The number of thioether (sulfide) groups is 1. The Morgan fingerprint density at radius 1 is 1.40 bits per heavy atom. The van der Waals surface area contributed by atoms with Crippen LogP contribution in [-0.2, 0) is 17.8 Å². The minimum Gasteiger partial charge on any atom is -0.477 e. The first-order valence-electron chi connectivity index (χ1n) is 7.76. The van der Waals surface area contributed by atoms with E-state index >= 15 is 0 Å². The smallest absolute Gasteiger partial charge is 0.342 e. The van der Waals surface area contributed by atoms with Crippen molar-refractivity contribution in [3.8, 4) is 0 Å². The van der Waals surface area contributed by atoms with Crippen molar-refractivity contribution in [2.75, 3.05) is 0 Å². The summed E-state index contributed by atoms with van der Waals surface area (Å²) in [6.07, 6.45) is 5.96. The van der Waals surface area contributed by atoms with Gasteiger partial charge in [-0.2, -0.15) is 0 Å². The Bertz CT molecular complexity index is 956. The number of allylic oxidation sites excluding steroid dienone is 1. The lowest BCUT2D eigenvalue weighted by Gasteiger charge is -1.98. The molecule has 0 spiro atoms. The van der Waals surface area contributed by atoms with E-state index in [-0.39, 0.29) is 10.1 Å². The third kappa shape index (κ3) is 3.66. The zero-order valence-corrected chi connectivity index (χ0v) is 14.5. The lowest BCUT2D eigenvalue weighted by molar-refractivity contribution is -0.131. The quantitative estimate of drug-likeness (QED) is 0.392. The molecule has 128 valence electrons. The largest absolute Gasteiger partial charge is 0.477 e. The molecule has 0 saturated carbocycles. The fraction of sp³-hybridized carbons (Fsp3) is 0.167. The number of carboxylic acid groups (broad SMARTS) is 1. The molecule has 6 nitrogen and oxygen atoms in total. The second kappa shape index (κ2) is 7.40. The molecule has 2 heterocycles. The molecule has 0 bridgehead atoms. The molecule has 0 amide bonds. The Morgan fingerprint density at radius 3 is 2.88 bits per heavy atom. The Kier molecular flexibility index (Phi) is 5.04. The van der Waals surface area contributed by atoms with Crippen molar-refractivity contribution in [3.63, 3.8) is 0 Å². The van der Waals surface area contributed by atoms with Crippen molar-refractivity contribution in [2.45, 2.75) is 25.1 Å². The number of carboxylic acids is 1. The summed E-state index contributed by atoms with van der Waals surface area (Å²) in [5, 5.41) is 18.5. The molecule has 25 heavy (non-hydrogen) atoms. The molecule has 0 saturated heterocycles. The summed E-state index contributed by atoms with van der Waals surface area (Å²) in [6.45, 7) is 6.30. The first kappa shape index (κ1) is 17.0. The van der Waals surface area contributed by atoms with E-state index < -0.39 is 5.97 Å². The van der Waals surface area contributed by atoms with Crippen LogP contribution in [0.3, 0.4) is 0 Å². The Balaban J connectivity index is 2.01. The van der Waals surface area contributed by atoms with Crippen LogP contribution in [0.4, 0.5) is 0 Å². The van der Waals surface area contributed by atoms with E-state index in [1.54, 1.807) is 12.2 Å². The number of carbonyl (C=O) groups is 1. The number of hydrogen-bond acceptors (Lipinski definition) is 5. The van der Waals surface area contributed by atoms with E-state index in [1.807, 2.05) is 42.0 Å². The lowest BCUT2D eigenvalue weighted by Crippen LogP contribution is -1.96. The van der Waals surface area contributed by atoms with Gasteiger partial charge in [0.1, 0.15) is 4.91 Å². The maximum absolute atomic E-state index is 11.7. The molecular formula is C18H17N3O3S. The van der Waals surface area contributed by atoms with Gasteiger partial charge in [-0.1, -0.05) is 31.2 Å². The van der Waals surface area contributed by atoms with Gasteiger partial charge in [-0.05, 0) is 23.9 Å². The summed E-state index contributed by atoms with van der Waals surface area (Å²) in [6, 6.07) is 7.84. The summed E-state index contributed by atoms with van der Waals surface area (Å²) in [5.74, 6) is -0.559. The maximum atomic E-state index is 11.7. The molecule has 3 aromatic rings. The minimum atomic E-state index is -1.04. The van der Waals surface area contributed by atoms with Gasteiger partial charge in [0.05, 0.1) is 0 Å². The predicted octanol–water partition coefficient (Wildman–Crippen LogP) is 3.99. The molecule has 3 rings (SSSR count). The van der Waals surface area contributed by atoms with Crippen molar-refractivity contribution < 1.29 is 14.3 Å². The van der Waals surface area contributed by atoms with Gasteiger partial charge in [-0.3, -0.25) is 0 Å². The molecule has 0 fully saturated rings. The molecule has 0 aliphatic rings. The average molecular weight is 355 g/mol. The van der Waals surface area contributed by atoms with E-state index in [1.165, 1.54) is 0 Å². The van der Waals surface area contributed by atoms with Crippen LogP contribution < -0.4 is 0 Å². The van der Waals surface area contributed by atoms with Crippen LogP contribution in [0.25, 0.3) is 17.0 Å². The Morgan fingerprint density at radius 2 is 2.20 bits per heavy atom. The fourth-order valence-electron chi connectivity index (χ4n) is 2.47. The Hall–Kier alpha value is -2.80. The fourth-order valence-corrected chi connectivity index (χ4v) is 3.15. The number of hydrogen-bond donors (Lipinski definition) is 1. The van der Waals surface area contributed by atoms with E-state index in [2.05, 4.69) is 16.8 Å². The standard InChI is InChI=1S/C18H17N3O3S/c1-3-9-21-11-12(13-7-5-6-8-14(13)21)10-15(17(22)23)25-18-20-19-16(4-2)24-18/h3,5-8,10-11H,1,4,9H2,2H3,(H,22,23)/b15-10-. The maximum Gasteiger partial charge on any atom is 0.342 e. The second-order valence-corrected chi connectivity index (χ2v) is 6.27. The zero-order valence-electron chi connectivity index (χ0n) is 13.7. The van der Waals surface area contributed by atoms with Gasteiger partial charge in [0, 0.05) is 35.6 Å². The monoisotopic (exact) mass is 355 g/mol.